The van der Waals surface area contributed by atoms with Crippen LogP contribution >= 0.6 is 11.6 Å². The van der Waals surface area contributed by atoms with Crippen molar-refractivity contribution in [3.63, 3.8) is 0 Å². The third-order valence-corrected chi connectivity index (χ3v) is 4.40. The highest BCUT2D eigenvalue weighted by Crippen LogP contribution is 2.49. The predicted molar refractivity (Wildman–Crippen MR) is 86.3 cm³/mol. The quantitative estimate of drug-likeness (QED) is 0.720. The summed E-state index contributed by atoms with van der Waals surface area (Å²) < 4.78 is 50.6. The Morgan fingerprint density at radius 2 is 2.08 bits per heavy atom. The molecule has 0 amide bonds. The second kappa shape index (κ2) is 6.79. The number of carbonyl (C=O) groups is 2. The molecule has 0 N–H and O–H groups in total. The van der Waals surface area contributed by atoms with Gasteiger partial charge in [-0.15, -0.1) is 0 Å². The van der Waals surface area contributed by atoms with Crippen molar-refractivity contribution in [1.82, 2.24) is 0 Å². The molecule has 4 nitrogen and oxygen atoms in total. The largest absolute Gasteiger partial charge is 0.463 e. The molecule has 0 saturated carbocycles. The van der Waals surface area contributed by atoms with Crippen LogP contribution in [0.3, 0.4) is 0 Å². The fraction of sp³-hybridized carbons (Fsp3) is 0.333. The van der Waals surface area contributed by atoms with Crippen molar-refractivity contribution in [3.05, 3.63) is 57.5 Å². The molecule has 138 valence electrons. The zero-order chi connectivity index (χ0) is 19.1. The van der Waals surface area contributed by atoms with Gasteiger partial charge in [-0.05, 0) is 24.6 Å². The Bertz CT molecular complexity index is 839. The summed E-state index contributed by atoms with van der Waals surface area (Å²) in [5.41, 5.74) is -0.368. The molecule has 2 aliphatic rings. The molecule has 1 unspecified atom stereocenters. The van der Waals surface area contributed by atoms with E-state index in [1.54, 1.807) is 12.1 Å². The Labute approximate surface area is 152 Å². The molecule has 1 aliphatic carbocycles. The Morgan fingerprint density at radius 3 is 2.69 bits per heavy atom. The molecule has 26 heavy (non-hydrogen) atoms. The fourth-order valence-corrected chi connectivity index (χ4v) is 3.38. The molecular formula is C18H14ClF3O4. The Hall–Kier alpha value is -2.28. The Morgan fingerprint density at radius 1 is 1.35 bits per heavy atom. The topological polar surface area (TPSA) is 52.6 Å². The number of ketones is 1. The van der Waals surface area contributed by atoms with E-state index in [-0.39, 0.29) is 41.6 Å². The van der Waals surface area contributed by atoms with Gasteiger partial charge in [0, 0.05) is 23.4 Å². The van der Waals surface area contributed by atoms with Gasteiger partial charge in [0.05, 0.1) is 18.1 Å². The van der Waals surface area contributed by atoms with E-state index in [4.69, 9.17) is 21.1 Å². The summed E-state index contributed by atoms with van der Waals surface area (Å²) in [5.74, 6) is -4.25. The number of benzene rings is 1. The van der Waals surface area contributed by atoms with Crippen molar-refractivity contribution in [2.24, 2.45) is 0 Å². The molecule has 0 bridgehead atoms. The molecule has 1 atom stereocenters. The van der Waals surface area contributed by atoms with Gasteiger partial charge in [-0.2, -0.15) is 13.2 Å². The molecule has 1 aromatic carbocycles. The van der Waals surface area contributed by atoms with Crippen LogP contribution in [0.4, 0.5) is 13.2 Å². The number of halogens is 4. The van der Waals surface area contributed by atoms with Crippen LogP contribution in [0.15, 0.2) is 46.9 Å². The lowest BCUT2D eigenvalue weighted by molar-refractivity contribution is -0.145. The van der Waals surface area contributed by atoms with E-state index in [9.17, 15) is 22.8 Å². The van der Waals surface area contributed by atoms with Crippen LogP contribution in [0.1, 0.15) is 31.2 Å². The van der Waals surface area contributed by atoms with Crippen molar-refractivity contribution in [3.8, 4) is 0 Å². The van der Waals surface area contributed by atoms with Gasteiger partial charge in [-0.3, -0.25) is 4.79 Å². The molecule has 1 aromatic rings. The van der Waals surface area contributed by atoms with E-state index in [1.165, 1.54) is 19.1 Å². The minimum absolute atomic E-state index is 0.0307. The van der Waals surface area contributed by atoms with Gasteiger partial charge in [0.25, 0.3) is 0 Å². The second-order valence-corrected chi connectivity index (χ2v) is 6.25. The lowest BCUT2D eigenvalue weighted by Crippen LogP contribution is -2.30. The van der Waals surface area contributed by atoms with E-state index in [2.05, 4.69) is 0 Å². The molecule has 0 fully saturated rings. The third kappa shape index (κ3) is 3.23. The van der Waals surface area contributed by atoms with Gasteiger partial charge in [0.1, 0.15) is 5.76 Å². The first-order valence-corrected chi connectivity index (χ1v) is 8.29. The maximum Gasteiger partial charge on any atom is 0.450 e. The summed E-state index contributed by atoms with van der Waals surface area (Å²) in [4.78, 5) is 24.7. The van der Waals surface area contributed by atoms with Crippen molar-refractivity contribution in [2.45, 2.75) is 31.9 Å². The average molecular weight is 387 g/mol. The molecule has 0 radical (unpaired) electrons. The molecule has 1 heterocycles. The van der Waals surface area contributed by atoms with Crippen LogP contribution in [-0.2, 0) is 19.1 Å². The van der Waals surface area contributed by atoms with Crippen molar-refractivity contribution in [2.75, 3.05) is 6.61 Å². The number of alkyl halides is 3. The van der Waals surface area contributed by atoms with Crippen molar-refractivity contribution >= 4 is 23.4 Å². The van der Waals surface area contributed by atoms with Crippen LogP contribution in [0.5, 0.6) is 0 Å². The van der Waals surface area contributed by atoms with Gasteiger partial charge in [-0.1, -0.05) is 23.7 Å². The lowest BCUT2D eigenvalue weighted by atomic mass is 9.81. The van der Waals surface area contributed by atoms with E-state index in [0.29, 0.717) is 5.56 Å². The summed E-state index contributed by atoms with van der Waals surface area (Å²) in [6.45, 7) is 1.37. The zero-order valence-electron chi connectivity index (χ0n) is 13.7. The van der Waals surface area contributed by atoms with Gasteiger partial charge >= 0.3 is 12.1 Å². The molecule has 0 saturated heterocycles. The maximum atomic E-state index is 13.6. The zero-order valence-corrected chi connectivity index (χ0v) is 14.4. The number of esters is 1. The van der Waals surface area contributed by atoms with Crippen LogP contribution < -0.4 is 0 Å². The molecular weight excluding hydrogens is 373 g/mol. The standard InChI is InChI=1S/C18H14ClF3O4/c1-2-25-17(24)15-13(9-4-3-5-10(19)8-9)14-11(23)6-7-12(14)26-16(15)18(20,21)22/h3-5,8,13H,2,6-7H2,1H3. The van der Waals surface area contributed by atoms with Crippen molar-refractivity contribution in [1.29, 1.82) is 0 Å². The SMILES string of the molecule is CCOC(=O)C1=C(C(F)(F)F)OC2=C(C(=O)CC2)C1c1cccc(Cl)c1. The monoisotopic (exact) mass is 386 g/mol. The summed E-state index contributed by atoms with van der Waals surface area (Å²) in [7, 11) is 0. The number of allylic oxidation sites excluding steroid dienone is 3. The van der Waals surface area contributed by atoms with Gasteiger partial charge in [0.2, 0.25) is 5.76 Å². The maximum absolute atomic E-state index is 13.6. The summed E-state index contributed by atoms with van der Waals surface area (Å²) in [5, 5.41) is 0.276. The van der Waals surface area contributed by atoms with Gasteiger partial charge in [-0.25, -0.2) is 4.79 Å². The lowest BCUT2D eigenvalue weighted by Gasteiger charge is -2.29. The first kappa shape index (κ1) is 18.5. The molecule has 3 rings (SSSR count). The molecule has 0 aromatic heterocycles. The average Bonchev–Trinajstić information content (AvgIpc) is 2.94. The van der Waals surface area contributed by atoms with Crippen LogP contribution in [-0.4, -0.2) is 24.5 Å². The fourth-order valence-electron chi connectivity index (χ4n) is 3.18. The molecule has 0 spiro atoms. The van der Waals surface area contributed by atoms with Crippen molar-refractivity contribution < 1.29 is 32.2 Å². The van der Waals surface area contributed by atoms with E-state index in [0.717, 1.165) is 0 Å². The highest BCUT2D eigenvalue weighted by Gasteiger charge is 2.50. The number of hydrogen-bond acceptors (Lipinski definition) is 4. The van der Waals surface area contributed by atoms with Crippen LogP contribution in [0.25, 0.3) is 0 Å². The second-order valence-electron chi connectivity index (χ2n) is 5.81. The van der Waals surface area contributed by atoms with Gasteiger partial charge < -0.3 is 9.47 Å². The summed E-state index contributed by atoms with van der Waals surface area (Å²) in [6, 6.07) is 6.05. The number of rotatable bonds is 3. The predicted octanol–water partition coefficient (Wildman–Crippen LogP) is 4.45. The van der Waals surface area contributed by atoms with Crippen LogP contribution in [0.2, 0.25) is 5.02 Å². The first-order chi connectivity index (χ1) is 12.2. The number of carbonyl (C=O) groups excluding carboxylic acids is 2. The normalized spacial score (nSPS) is 20.2. The minimum atomic E-state index is -4.91. The number of Topliss-reactive ketones (excluding diaryl/α,β-unsaturated/α-hetero) is 1. The number of ether oxygens (including phenoxy) is 2. The minimum Gasteiger partial charge on any atom is -0.463 e. The summed E-state index contributed by atoms with van der Waals surface area (Å²) in [6.07, 6.45) is -4.83. The Balaban J connectivity index is 2.26. The highest BCUT2D eigenvalue weighted by molar-refractivity contribution is 6.30. The molecule has 8 heteroatoms. The van der Waals surface area contributed by atoms with Gasteiger partial charge in [0.15, 0.2) is 5.78 Å². The Kier molecular flexibility index (Phi) is 4.84. The van der Waals surface area contributed by atoms with Crippen LogP contribution in [0, 0.1) is 0 Å². The third-order valence-electron chi connectivity index (χ3n) is 4.16. The summed E-state index contributed by atoms with van der Waals surface area (Å²) >= 11 is 5.97. The number of hydrogen-bond donors (Lipinski definition) is 0. The highest BCUT2D eigenvalue weighted by atomic mass is 35.5. The van der Waals surface area contributed by atoms with E-state index < -0.39 is 29.4 Å². The van der Waals surface area contributed by atoms with E-state index in [1.807, 2.05) is 0 Å². The van der Waals surface area contributed by atoms with E-state index >= 15 is 0 Å². The molecule has 1 aliphatic heterocycles. The first-order valence-electron chi connectivity index (χ1n) is 7.92. The smallest absolute Gasteiger partial charge is 0.450 e.